The number of carbonyl (C=O) groups is 1. The van der Waals surface area contributed by atoms with E-state index in [9.17, 15) is 9.59 Å². The summed E-state index contributed by atoms with van der Waals surface area (Å²) in [4.78, 5) is 37.0. The number of benzene rings is 1. The molecule has 0 spiro atoms. The van der Waals surface area contributed by atoms with Gasteiger partial charge in [0.25, 0.3) is 11.5 Å². The van der Waals surface area contributed by atoms with Gasteiger partial charge in [0.1, 0.15) is 16.2 Å². The SMILES string of the molecule is Cc1c(C#Cc2csc3nc([C@H](C)NC(=O)c4c(N)nn5cccnc45)n(-c4ccccc4)c(=O)c23)cnn1C. The minimum Gasteiger partial charge on any atom is -0.381 e. The Labute approximate surface area is 231 Å². The van der Waals surface area contributed by atoms with E-state index >= 15 is 0 Å². The van der Waals surface area contributed by atoms with Crippen molar-refractivity contribution in [3.8, 4) is 17.5 Å². The molecule has 0 aliphatic rings. The molecule has 12 heteroatoms. The second-order valence-corrected chi connectivity index (χ2v) is 9.99. The highest BCUT2D eigenvalue weighted by atomic mass is 32.1. The van der Waals surface area contributed by atoms with Crippen LogP contribution in [0.2, 0.25) is 0 Å². The van der Waals surface area contributed by atoms with Gasteiger partial charge in [0.2, 0.25) is 0 Å². The maximum absolute atomic E-state index is 14.1. The lowest BCUT2D eigenvalue weighted by Gasteiger charge is -2.19. The third-order valence-corrected chi connectivity index (χ3v) is 7.47. The molecule has 0 saturated carbocycles. The summed E-state index contributed by atoms with van der Waals surface area (Å²) < 4.78 is 4.71. The Bertz CT molecular complexity index is 2040. The number of para-hydroxylation sites is 1. The van der Waals surface area contributed by atoms with Gasteiger partial charge in [-0.15, -0.1) is 16.4 Å². The third-order valence-electron chi connectivity index (χ3n) is 6.60. The quantitative estimate of drug-likeness (QED) is 0.323. The normalized spacial score (nSPS) is 11.9. The van der Waals surface area contributed by atoms with Crippen LogP contribution < -0.4 is 16.6 Å². The molecule has 0 aliphatic heterocycles. The van der Waals surface area contributed by atoms with Crippen LogP contribution in [0.3, 0.4) is 0 Å². The van der Waals surface area contributed by atoms with Crippen molar-refractivity contribution in [3.05, 3.63) is 98.9 Å². The Kier molecular flexibility index (Phi) is 6.13. The molecule has 1 amide bonds. The molecule has 1 aromatic carbocycles. The van der Waals surface area contributed by atoms with Crippen LogP contribution in [0.25, 0.3) is 21.6 Å². The lowest BCUT2D eigenvalue weighted by Crippen LogP contribution is -2.33. The zero-order valence-electron chi connectivity index (χ0n) is 21.8. The number of hydrogen-bond donors (Lipinski definition) is 2. The molecule has 1 atom stereocenters. The van der Waals surface area contributed by atoms with Crippen LogP contribution in [-0.4, -0.2) is 39.8 Å². The average Bonchev–Trinajstić information content (AvgIpc) is 3.62. The number of hydrogen-bond acceptors (Lipinski definition) is 8. The van der Waals surface area contributed by atoms with Gasteiger partial charge in [0.15, 0.2) is 11.5 Å². The molecule has 0 unspecified atom stereocenters. The van der Waals surface area contributed by atoms with E-state index in [4.69, 9.17) is 10.7 Å². The van der Waals surface area contributed by atoms with Gasteiger partial charge in [-0.1, -0.05) is 30.0 Å². The average molecular weight is 550 g/mol. The maximum Gasteiger partial charge on any atom is 0.268 e. The molecular weight excluding hydrogens is 526 g/mol. The second-order valence-electron chi connectivity index (χ2n) is 9.14. The molecule has 0 fully saturated rings. The Balaban J connectivity index is 1.45. The first kappa shape index (κ1) is 25.0. The second kappa shape index (κ2) is 9.79. The predicted molar refractivity (Wildman–Crippen MR) is 152 cm³/mol. The van der Waals surface area contributed by atoms with Crippen molar-refractivity contribution in [2.24, 2.45) is 7.05 Å². The number of nitrogen functional groups attached to an aromatic ring is 1. The highest BCUT2D eigenvalue weighted by Crippen LogP contribution is 2.25. The van der Waals surface area contributed by atoms with Gasteiger partial charge in [-0.3, -0.25) is 18.8 Å². The van der Waals surface area contributed by atoms with Crippen LogP contribution in [0, 0.1) is 18.8 Å². The number of thiophene rings is 1. The number of nitrogens with zero attached hydrogens (tertiary/aromatic N) is 7. The highest BCUT2D eigenvalue weighted by molar-refractivity contribution is 7.17. The summed E-state index contributed by atoms with van der Waals surface area (Å²) in [6.07, 6.45) is 4.92. The van der Waals surface area contributed by atoms with Crippen LogP contribution in [-0.2, 0) is 7.05 Å². The van der Waals surface area contributed by atoms with Crippen LogP contribution in [0.5, 0.6) is 0 Å². The number of fused-ring (bicyclic) bond motifs is 2. The Hall–Kier alpha value is -5.28. The fourth-order valence-corrected chi connectivity index (χ4v) is 5.29. The van der Waals surface area contributed by atoms with Crippen molar-refractivity contribution < 1.29 is 4.79 Å². The number of nitrogens with two attached hydrogens (primary N) is 1. The summed E-state index contributed by atoms with van der Waals surface area (Å²) in [6.45, 7) is 3.70. The molecule has 40 heavy (non-hydrogen) atoms. The molecule has 0 bridgehead atoms. The van der Waals surface area contributed by atoms with Crippen molar-refractivity contribution in [1.29, 1.82) is 0 Å². The van der Waals surface area contributed by atoms with Gasteiger partial charge in [-0.05, 0) is 32.0 Å². The number of nitrogens with one attached hydrogen (secondary N) is 1. The van der Waals surface area contributed by atoms with Crippen LogP contribution >= 0.6 is 11.3 Å². The number of anilines is 1. The fraction of sp³-hybridized carbons (Fsp3) is 0.143. The lowest BCUT2D eigenvalue weighted by atomic mass is 10.2. The molecule has 0 radical (unpaired) electrons. The molecule has 0 aliphatic carbocycles. The Morgan fingerprint density at radius 2 is 1.93 bits per heavy atom. The predicted octanol–water partition coefficient (Wildman–Crippen LogP) is 3.00. The van der Waals surface area contributed by atoms with Crippen LogP contribution in [0.1, 0.15) is 46.0 Å². The largest absolute Gasteiger partial charge is 0.381 e. The van der Waals surface area contributed by atoms with Gasteiger partial charge in [0, 0.05) is 24.8 Å². The van der Waals surface area contributed by atoms with E-state index in [0.717, 1.165) is 11.3 Å². The smallest absolute Gasteiger partial charge is 0.268 e. The van der Waals surface area contributed by atoms with E-state index in [0.29, 0.717) is 32.9 Å². The summed E-state index contributed by atoms with van der Waals surface area (Å²) in [5.41, 5.74) is 9.17. The number of rotatable bonds is 4. The summed E-state index contributed by atoms with van der Waals surface area (Å²) in [6, 6.07) is 10.2. The zero-order chi connectivity index (χ0) is 28.0. The van der Waals surface area contributed by atoms with E-state index in [2.05, 4.69) is 32.3 Å². The standard InChI is InChI=1S/C28H23N9O2S/c1-16(32-26(38)22-23(29)34-36-13-7-12-30-25(22)36)24-33-27-21(28(39)37(24)20-8-5-4-6-9-20)19(15-40-27)11-10-18-14-31-35(3)17(18)2/h4-9,12-16H,1-3H3,(H2,29,34)(H,32,38)/t16-/m0/s1. The van der Waals surface area contributed by atoms with Crippen molar-refractivity contribution in [1.82, 2.24) is 39.2 Å². The van der Waals surface area contributed by atoms with Crippen LogP contribution in [0.4, 0.5) is 5.82 Å². The Morgan fingerprint density at radius 3 is 2.67 bits per heavy atom. The number of aryl methyl sites for hydroxylation is 1. The van der Waals surface area contributed by atoms with Crippen molar-refractivity contribution in [2.75, 3.05) is 5.73 Å². The maximum atomic E-state index is 14.1. The van der Waals surface area contributed by atoms with E-state index in [1.54, 1.807) is 36.3 Å². The minimum atomic E-state index is -0.669. The van der Waals surface area contributed by atoms with Gasteiger partial charge in [-0.2, -0.15) is 5.10 Å². The fourth-order valence-electron chi connectivity index (χ4n) is 4.43. The molecule has 3 N–H and O–H groups in total. The minimum absolute atomic E-state index is 0.0533. The van der Waals surface area contributed by atoms with Crippen LogP contribution in [0.15, 0.2) is 65.2 Å². The summed E-state index contributed by atoms with van der Waals surface area (Å²) in [7, 11) is 1.85. The molecule has 5 heterocycles. The number of aromatic nitrogens is 7. The van der Waals surface area contributed by atoms with Gasteiger partial charge < -0.3 is 11.1 Å². The highest BCUT2D eigenvalue weighted by Gasteiger charge is 2.25. The molecule has 198 valence electrons. The lowest BCUT2D eigenvalue weighted by molar-refractivity contribution is 0.0940. The Morgan fingerprint density at radius 1 is 1.15 bits per heavy atom. The third kappa shape index (κ3) is 4.18. The first-order valence-electron chi connectivity index (χ1n) is 12.3. The topological polar surface area (TPSA) is 138 Å². The van der Waals surface area contributed by atoms with E-state index in [1.165, 1.54) is 20.4 Å². The summed E-state index contributed by atoms with van der Waals surface area (Å²) >= 11 is 1.33. The van der Waals surface area contributed by atoms with E-state index < -0.39 is 11.9 Å². The van der Waals surface area contributed by atoms with E-state index in [1.807, 2.05) is 49.7 Å². The summed E-state index contributed by atoms with van der Waals surface area (Å²) in [5, 5.41) is 13.6. The van der Waals surface area contributed by atoms with E-state index in [-0.39, 0.29) is 16.9 Å². The monoisotopic (exact) mass is 549 g/mol. The molecule has 5 aromatic heterocycles. The summed E-state index contributed by atoms with van der Waals surface area (Å²) in [5.74, 6) is 6.21. The van der Waals surface area contributed by atoms with Gasteiger partial charge >= 0.3 is 0 Å². The molecular formula is C28H23N9O2S. The van der Waals surface area contributed by atoms with Crippen molar-refractivity contribution in [2.45, 2.75) is 19.9 Å². The van der Waals surface area contributed by atoms with Crippen molar-refractivity contribution >= 4 is 38.9 Å². The number of amides is 1. The molecule has 6 aromatic rings. The molecule has 6 rings (SSSR count). The first-order valence-corrected chi connectivity index (χ1v) is 13.2. The van der Waals surface area contributed by atoms with Gasteiger partial charge in [0.05, 0.1) is 40.1 Å². The first-order chi connectivity index (χ1) is 19.3. The number of carbonyl (C=O) groups excluding carboxylic acids is 1. The van der Waals surface area contributed by atoms with Gasteiger partial charge in [-0.25, -0.2) is 14.5 Å². The molecule has 0 saturated heterocycles. The van der Waals surface area contributed by atoms with Crippen molar-refractivity contribution in [3.63, 3.8) is 0 Å². The zero-order valence-corrected chi connectivity index (χ0v) is 22.6. The molecule has 11 nitrogen and oxygen atoms in total.